The first-order chi connectivity index (χ1) is 6.36. The predicted molar refractivity (Wildman–Crippen MR) is 49.4 cm³/mol. The number of methoxy groups -OCH3 is 1. The van der Waals surface area contributed by atoms with Crippen LogP contribution in [-0.2, 0) is 11.3 Å². The minimum absolute atomic E-state index is 0.297. The molecule has 0 fully saturated rings. The Hall–Kier alpha value is -0.590. The lowest BCUT2D eigenvalue weighted by Crippen LogP contribution is -1.95. The zero-order valence-electron chi connectivity index (χ0n) is 7.52. The third-order valence-electron chi connectivity index (χ3n) is 1.34. The normalized spacial score (nSPS) is 10.6. The van der Waals surface area contributed by atoms with Gasteiger partial charge in [0.25, 0.3) is 5.22 Å². The lowest BCUT2D eigenvalue weighted by atomic mass is 10.5. The van der Waals surface area contributed by atoms with Crippen molar-refractivity contribution < 1.29 is 9.15 Å². The summed E-state index contributed by atoms with van der Waals surface area (Å²) < 4.78 is 10.1. The van der Waals surface area contributed by atoms with Gasteiger partial charge in [-0.3, -0.25) is 0 Å². The van der Waals surface area contributed by atoms with E-state index < -0.39 is 0 Å². The Balaban J connectivity index is 2.20. The van der Waals surface area contributed by atoms with Gasteiger partial charge < -0.3 is 14.9 Å². The van der Waals surface area contributed by atoms with Gasteiger partial charge in [-0.1, -0.05) is 11.8 Å². The molecule has 0 spiro atoms. The molecule has 0 bridgehead atoms. The number of thioether (sulfide) groups is 1. The van der Waals surface area contributed by atoms with E-state index in [-0.39, 0.29) is 0 Å². The highest BCUT2D eigenvalue weighted by atomic mass is 32.2. The monoisotopic (exact) mass is 203 g/mol. The molecule has 2 N–H and O–H groups in total. The molecule has 1 aromatic heterocycles. The van der Waals surface area contributed by atoms with Gasteiger partial charge in [0.15, 0.2) is 0 Å². The second-order valence-corrected chi connectivity index (χ2v) is 3.41. The third-order valence-corrected chi connectivity index (χ3v) is 2.25. The predicted octanol–water partition coefficient (Wildman–Crippen LogP) is 0.657. The molecule has 0 aliphatic heterocycles. The van der Waals surface area contributed by atoms with Gasteiger partial charge in [0, 0.05) is 19.5 Å². The van der Waals surface area contributed by atoms with Crippen LogP contribution in [0.15, 0.2) is 9.64 Å². The summed E-state index contributed by atoms with van der Waals surface area (Å²) in [6.45, 7) is 1.05. The molecule has 1 aromatic rings. The minimum atomic E-state index is 0.297. The first-order valence-corrected chi connectivity index (χ1v) is 4.99. The quantitative estimate of drug-likeness (QED) is 0.540. The van der Waals surface area contributed by atoms with Gasteiger partial charge in [-0.05, 0) is 6.42 Å². The van der Waals surface area contributed by atoms with Crippen molar-refractivity contribution in [3.05, 3.63) is 5.89 Å². The van der Waals surface area contributed by atoms with E-state index in [0.717, 1.165) is 18.8 Å². The Bertz CT molecular complexity index is 241. The highest BCUT2D eigenvalue weighted by Crippen LogP contribution is 2.16. The van der Waals surface area contributed by atoms with E-state index in [1.54, 1.807) is 7.11 Å². The summed E-state index contributed by atoms with van der Waals surface area (Å²) >= 11 is 1.52. The molecule has 0 atom stereocenters. The van der Waals surface area contributed by atoms with Gasteiger partial charge in [0.1, 0.15) is 0 Å². The Kier molecular flexibility index (Phi) is 4.81. The van der Waals surface area contributed by atoms with E-state index in [0.29, 0.717) is 17.7 Å². The standard InChI is InChI=1S/C7H13N3O2S/c1-11-3-2-4-13-7-10-9-6(5-8)12-7/h2-5,8H2,1H3. The molecular weight excluding hydrogens is 190 g/mol. The number of ether oxygens (including phenoxy) is 1. The minimum Gasteiger partial charge on any atom is -0.415 e. The van der Waals surface area contributed by atoms with E-state index in [4.69, 9.17) is 14.9 Å². The van der Waals surface area contributed by atoms with Crippen LogP contribution in [0.3, 0.4) is 0 Å². The summed E-state index contributed by atoms with van der Waals surface area (Å²) in [7, 11) is 1.68. The lowest BCUT2D eigenvalue weighted by molar-refractivity contribution is 0.200. The van der Waals surface area contributed by atoms with Crippen molar-refractivity contribution in [1.29, 1.82) is 0 Å². The molecule has 0 unspecified atom stereocenters. The SMILES string of the molecule is COCCCSc1nnc(CN)o1. The topological polar surface area (TPSA) is 74.2 Å². The number of hydrogen-bond donors (Lipinski definition) is 1. The van der Waals surface area contributed by atoms with Crippen LogP contribution in [0.4, 0.5) is 0 Å². The van der Waals surface area contributed by atoms with E-state index in [9.17, 15) is 0 Å². The fraction of sp³-hybridized carbons (Fsp3) is 0.714. The van der Waals surface area contributed by atoms with Gasteiger partial charge in [0.2, 0.25) is 5.89 Å². The Labute approximate surface area is 81.0 Å². The molecule has 1 rings (SSSR count). The fourth-order valence-electron chi connectivity index (χ4n) is 0.742. The number of aromatic nitrogens is 2. The Morgan fingerprint density at radius 2 is 2.38 bits per heavy atom. The summed E-state index contributed by atoms with van der Waals surface area (Å²) in [6.07, 6.45) is 0.974. The number of nitrogens with zero attached hydrogens (tertiary/aromatic N) is 2. The molecule has 0 saturated carbocycles. The molecule has 13 heavy (non-hydrogen) atoms. The van der Waals surface area contributed by atoms with Crippen molar-refractivity contribution >= 4 is 11.8 Å². The van der Waals surface area contributed by atoms with Gasteiger partial charge in [-0.2, -0.15) is 0 Å². The molecule has 5 nitrogen and oxygen atoms in total. The Morgan fingerprint density at radius 3 is 3.00 bits per heavy atom. The van der Waals surface area contributed by atoms with Crippen molar-refractivity contribution in [3.63, 3.8) is 0 Å². The molecule has 0 aromatic carbocycles. The fourth-order valence-corrected chi connectivity index (χ4v) is 1.43. The second kappa shape index (κ2) is 5.95. The molecule has 0 aliphatic carbocycles. The average Bonchev–Trinajstić information content (AvgIpc) is 2.60. The summed E-state index contributed by atoms with van der Waals surface area (Å²) in [4.78, 5) is 0. The maximum Gasteiger partial charge on any atom is 0.276 e. The number of nitrogens with two attached hydrogens (primary N) is 1. The first-order valence-electron chi connectivity index (χ1n) is 4.01. The van der Waals surface area contributed by atoms with Crippen LogP contribution in [-0.4, -0.2) is 29.7 Å². The van der Waals surface area contributed by atoms with Gasteiger partial charge in [-0.15, -0.1) is 10.2 Å². The lowest BCUT2D eigenvalue weighted by Gasteiger charge is -1.95. The molecule has 74 valence electrons. The molecule has 1 heterocycles. The summed E-state index contributed by atoms with van der Waals surface area (Å²) in [5.41, 5.74) is 5.31. The maximum absolute atomic E-state index is 5.31. The van der Waals surface area contributed by atoms with Crippen LogP contribution in [0.5, 0.6) is 0 Å². The summed E-state index contributed by atoms with van der Waals surface area (Å²) in [6, 6.07) is 0. The van der Waals surface area contributed by atoms with Gasteiger partial charge in [-0.25, -0.2) is 0 Å². The zero-order valence-corrected chi connectivity index (χ0v) is 8.34. The third kappa shape index (κ3) is 3.75. The van der Waals surface area contributed by atoms with Crippen molar-refractivity contribution in [2.24, 2.45) is 5.73 Å². The van der Waals surface area contributed by atoms with Gasteiger partial charge >= 0.3 is 0 Å². The number of hydrogen-bond acceptors (Lipinski definition) is 6. The average molecular weight is 203 g/mol. The largest absolute Gasteiger partial charge is 0.415 e. The highest BCUT2D eigenvalue weighted by molar-refractivity contribution is 7.99. The molecular formula is C7H13N3O2S. The molecule has 0 radical (unpaired) electrons. The summed E-state index contributed by atoms with van der Waals surface area (Å²) in [5.74, 6) is 1.40. The van der Waals surface area contributed by atoms with E-state index in [1.165, 1.54) is 11.8 Å². The number of rotatable bonds is 6. The van der Waals surface area contributed by atoms with E-state index >= 15 is 0 Å². The first kappa shape index (κ1) is 10.5. The van der Waals surface area contributed by atoms with Crippen molar-refractivity contribution in [3.8, 4) is 0 Å². The summed E-state index contributed by atoms with van der Waals surface area (Å²) in [5, 5.41) is 8.13. The Morgan fingerprint density at radius 1 is 1.54 bits per heavy atom. The molecule has 0 aliphatic rings. The molecule has 0 saturated heterocycles. The van der Waals surface area contributed by atoms with Gasteiger partial charge in [0.05, 0.1) is 6.54 Å². The van der Waals surface area contributed by atoms with Crippen LogP contribution in [0.25, 0.3) is 0 Å². The molecule has 6 heteroatoms. The maximum atomic E-state index is 5.31. The van der Waals surface area contributed by atoms with Crippen LogP contribution in [0.1, 0.15) is 12.3 Å². The van der Waals surface area contributed by atoms with Crippen molar-refractivity contribution in [2.45, 2.75) is 18.2 Å². The van der Waals surface area contributed by atoms with Crippen LogP contribution < -0.4 is 5.73 Å². The smallest absolute Gasteiger partial charge is 0.276 e. The second-order valence-electron chi connectivity index (χ2n) is 2.36. The zero-order chi connectivity index (χ0) is 9.52. The van der Waals surface area contributed by atoms with E-state index in [2.05, 4.69) is 10.2 Å². The van der Waals surface area contributed by atoms with Crippen LogP contribution in [0, 0.1) is 0 Å². The van der Waals surface area contributed by atoms with Crippen molar-refractivity contribution in [2.75, 3.05) is 19.5 Å². The van der Waals surface area contributed by atoms with E-state index in [1.807, 2.05) is 0 Å². The molecule has 0 amide bonds. The van der Waals surface area contributed by atoms with Crippen molar-refractivity contribution in [1.82, 2.24) is 10.2 Å². The van der Waals surface area contributed by atoms with Crippen LogP contribution in [0.2, 0.25) is 0 Å². The van der Waals surface area contributed by atoms with Crippen LogP contribution >= 0.6 is 11.8 Å². The highest BCUT2D eigenvalue weighted by Gasteiger charge is 2.03.